The van der Waals surface area contributed by atoms with Gasteiger partial charge in [-0.2, -0.15) is 0 Å². The van der Waals surface area contributed by atoms with Gasteiger partial charge >= 0.3 is 55.9 Å². The molecule has 0 aromatic carbocycles. The zero-order valence-electron chi connectivity index (χ0n) is 2.08. The quantitative estimate of drug-likeness (QED) is 0.488. The van der Waals surface area contributed by atoms with E-state index in [1.54, 1.807) is 9.09 Å². The molecule has 0 saturated heterocycles. The van der Waals surface area contributed by atoms with Crippen molar-refractivity contribution in [2.24, 2.45) is 0 Å². The molecule has 0 nitrogen and oxygen atoms in total. The summed E-state index contributed by atoms with van der Waals surface area (Å²) in [6.07, 6.45) is 0. The van der Waals surface area contributed by atoms with Crippen molar-refractivity contribution in [3.63, 3.8) is 0 Å². The van der Waals surface area contributed by atoms with Crippen molar-refractivity contribution in [3.8, 4) is 0 Å². The van der Waals surface area contributed by atoms with Crippen LogP contribution in [0, 0.1) is 0 Å². The molecule has 0 heterocycles. The maximum absolute atomic E-state index is 4.63. The molecule has 0 aromatic heterocycles. The summed E-state index contributed by atoms with van der Waals surface area (Å²) >= 11 is 11.1. The molecule has 0 aliphatic heterocycles. The van der Waals surface area contributed by atoms with Crippen molar-refractivity contribution in [2.45, 2.75) is 0 Å². The van der Waals surface area contributed by atoms with Gasteiger partial charge in [0.05, 0.1) is 0 Å². The molecule has 0 amide bonds. The van der Waals surface area contributed by atoms with Gasteiger partial charge in [0.2, 0.25) is 0 Å². The first-order valence-corrected chi connectivity index (χ1v) is 7.89. The molecular formula is MoPS3. The third kappa shape index (κ3) is 5.78. The van der Waals surface area contributed by atoms with Gasteiger partial charge in [-0.05, 0) is 0 Å². The van der Waals surface area contributed by atoms with Gasteiger partial charge in [0.25, 0.3) is 0 Å². The molecule has 0 aromatic rings. The summed E-state index contributed by atoms with van der Waals surface area (Å²) in [5, 5.41) is 0. The standard InChI is InChI=1S/Mo.HPS3/c;2-1(3)4/h;(H,2,3,4)/q+1;/p-1. The molecule has 0 rings (SSSR count). The van der Waals surface area contributed by atoms with Crippen LogP contribution in [0.1, 0.15) is 0 Å². The van der Waals surface area contributed by atoms with E-state index in [-0.39, 0.29) is 0 Å². The third-order valence-electron chi connectivity index (χ3n) is 0.0609. The van der Waals surface area contributed by atoms with Gasteiger partial charge in [-0.3, -0.25) is 0 Å². The van der Waals surface area contributed by atoms with Crippen LogP contribution in [0.4, 0.5) is 0 Å². The Balaban J connectivity index is 3.23. The van der Waals surface area contributed by atoms with E-state index in [1.807, 2.05) is 18.5 Å². The van der Waals surface area contributed by atoms with Gasteiger partial charge in [-0.1, -0.05) is 0 Å². The molecule has 5 heavy (non-hydrogen) atoms. The normalized spacial score (nSPS) is 7.20. The van der Waals surface area contributed by atoms with Crippen molar-refractivity contribution in [2.75, 3.05) is 0 Å². The van der Waals surface area contributed by atoms with Gasteiger partial charge in [0.1, 0.15) is 0 Å². The van der Waals surface area contributed by atoms with E-state index in [1.165, 1.54) is 0 Å². The van der Waals surface area contributed by atoms with Crippen LogP contribution in [0.3, 0.4) is 0 Å². The van der Waals surface area contributed by atoms with Crippen molar-refractivity contribution < 1.29 is 18.5 Å². The molecule has 0 aliphatic rings. The van der Waals surface area contributed by atoms with E-state index < -0.39 is 4.67 Å². The summed E-state index contributed by atoms with van der Waals surface area (Å²) in [5.74, 6) is 0. The number of hydrogen-bond donors (Lipinski definition) is 0. The first-order valence-electron chi connectivity index (χ1n) is 0.714. The van der Waals surface area contributed by atoms with Crippen LogP contribution in [0.5, 0.6) is 0 Å². The minimum atomic E-state index is -0.510. The molecule has 0 aliphatic carbocycles. The van der Waals surface area contributed by atoms with Crippen molar-refractivity contribution in [3.05, 3.63) is 0 Å². The zero-order chi connectivity index (χ0) is 4.28. The van der Waals surface area contributed by atoms with E-state index in [4.69, 9.17) is 0 Å². The van der Waals surface area contributed by atoms with Crippen LogP contribution in [0.2, 0.25) is 0 Å². The molecule has 0 saturated carbocycles. The van der Waals surface area contributed by atoms with Crippen LogP contribution in [0.15, 0.2) is 0 Å². The number of rotatable bonds is 1. The summed E-state index contributed by atoms with van der Waals surface area (Å²) in [4.78, 5) is 0. The zero-order valence-corrected chi connectivity index (χ0v) is 7.43. The van der Waals surface area contributed by atoms with Crippen molar-refractivity contribution in [1.29, 1.82) is 0 Å². The topological polar surface area (TPSA) is 0 Å². The molecule has 0 fully saturated rings. The van der Waals surface area contributed by atoms with E-state index in [9.17, 15) is 0 Å². The minimum absolute atomic E-state index is 0.510. The maximum atomic E-state index is 4.63. The average molecular weight is 223 g/mol. The van der Waals surface area contributed by atoms with E-state index in [0.29, 0.717) is 0 Å². The Morgan fingerprint density at radius 3 is 1.80 bits per heavy atom. The van der Waals surface area contributed by atoms with Crippen LogP contribution >= 0.6 is 13.8 Å². The first-order chi connectivity index (χ1) is 2.27. The van der Waals surface area contributed by atoms with Crippen LogP contribution in [-0.2, 0) is 42.1 Å². The van der Waals surface area contributed by atoms with Crippen molar-refractivity contribution in [1.82, 2.24) is 0 Å². The predicted molar refractivity (Wildman–Crippen MR) is 29.2 cm³/mol. The van der Waals surface area contributed by atoms with Crippen molar-refractivity contribution >= 4 is 37.4 Å². The molecule has 0 N–H and O–H groups in total. The summed E-state index contributed by atoms with van der Waals surface area (Å²) < 4.78 is -0.510. The van der Waals surface area contributed by atoms with Crippen LogP contribution in [-0.4, -0.2) is 0 Å². The summed E-state index contributed by atoms with van der Waals surface area (Å²) in [5.41, 5.74) is 0. The van der Waals surface area contributed by atoms with E-state index in [0.717, 1.165) is 0 Å². The summed E-state index contributed by atoms with van der Waals surface area (Å²) in [6, 6.07) is 0. The predicted octanol–water partition coefficient (Wildman–Crippen LogP) is 1.50. The van der Waals surface area contributed by atoms with Gasteiger partial charge in [0.15, 0.2) is 0 Å². The molecule has 0 radical (unpaired) electrons. The number of hydrogen-bond acceptors (Lipinski definition) is 3. The average Bonchev–Trinajstić information content (AvgIpc) is 1.38. The Hall–Kier alpha value is 1.78. The van der Waals surface area contributed by atoms with Crippen LogP contribution < -0.4 is 0 Å². The van der Waals surface area contributed by atoms with Crippen LogP contribution in [0.25, 0.3) is 0 Å². The molecule has 29 valence electrons. The molecule has 5 heteroatoms. The molecule has 0 spiro atoms. The van der Waals surface area contributed by atoms with E-state index >= 15 is 0 Å². The Morgan fingerprint density at radius 2 is 1.80 bits per heavy atom. The fourth-order valence-electron chi connectivity index (χ4n) is 0. The Kier molecular flexibility index (Phi) is 5.36. The third-order valence-corrected chi connectivity index (χ3v) is 9.72. The summed E-state index contributed by atoms with van der Waals surface area (Å²) in [7, 11) is 1.58. The second kappa shape index (κ2) is 3.95. The van der Waals surface area contributed by atoms with E-state index in [2.05, 4.69) is 23.6 Å². The monoisotopic (exact) mass is 225 g/mol. The molecule has 0 atom stereocenters. The molecule has 0 unspecified atom stereocenters. The second-order valence-corrected chi connectivity index (χ2v) is 10.0. The molecule has 0 bridgehead atoms. The Labute approximate surface area is 55.5 Å². The van der Waals surface area contributed by atoms with Gasteiger partial charge in [0, 0.05) is 0 Å². The second-order valence-electron chi connectivity index (χ2n) is 0.298. The fourth-order valence-corrected chi connectivity index (χ4v) is 0. The van der Waals surface area contributed by atoms with Gasteiger partial charge in [-0.15, -0.1) is 0 Å². The summed E-state index contributed by atoms with van der Waals surface area (Å²) in [6.45, 7) is 0. The SMILES string of the molecule is S=P(=S)[S][Mo]. The van der Waals surface area contributed by atoms with Gasteiger partial charge < -0.3 is 0 Å². The Bertz CT molecular complexity index is 65.0. The molecular weight excluding hydrogens is 223 g/mol. The first kappa shape index (κ1) is 6.78. The Morgan fingerprint density at radius 1 is 1.60 bits per heavy atom. The fraction of sp³-hybridized carbons (Fsp3) is 0. The van der Waals surface area contributed by atoms with Gasteiger partial charge in [-0.25, -0.2) is 0 Å².